The largest absolute Gasteiger partial charge is 0.508 e. The van der Waals surface area contributed by atoms with Crippen LogP contribution in [0.1, 0.15) is 36.8 Å². The van der Waals surface area contributed by atoms with Gasteiger partial charge >= 0.3 is 5.97 Å². The average molecular weight is 486 g/mol. The molecule has 1 aromatic heterocycles. The summed E-state index contributed by atoms with van der Waals surface area (Å²) in [5.41, 5.74) is 0.825. The van der Waals surface area contributed by atoms with Crippen LogP contribution in [0.25, 0.3) is 0 Å². The lowest BCUT2D eigenvalue weighted by atomic mass is 10.1. The van der Waals surface area contributed by atoms with Crippen LogP contribution in [0, 0.1) is 0 Å². The predicted molar refractivity (Wildman–Crippen MR) is 121 cm³/mol. The van der Waals surface area contributed by atoms with Crippen molar-refractivity contribution in [2.24, 2.45) is 0 Å². The number of furan rings is 1. The third kappa shape index (κ3) is 6.36. The topological polar surface area (TPSA) is 158 Å². The van der Waals surface area contributed by atoms with Gasteiger partial charge in [-0.05, 0) is 48.0 Å². The zero-order valence-electron chi connectivity index (χ0n) is 17.6. The number of benzene rings is 2. The summed E-state index contributed by atoms with van der Waals surface area (Å²) in [6.45, 7) is -0.231. The van der Waals surface area contributed by atoms with Gasteiger partial charge in [0.25, 0.3) is 17.7 Å². The molecule has 10 nitrogen and oxygen atoms in total. The first-order chi connectivity index (χ1) is 16.2. The molecular weight excluding hydrogens is 466 g/mol. The Morgan fingerprint density at radius 3 is 2.38 bits per heavy atom. The minimum absolute atomic E-state index is 0.00330. The molecule has 0 radical (unpaired) electrons. The van der Waals surface area contributed by atoms with Crippen LogP contribution in [0.5, 0.6) is 5.75 Å². The highest BCUT2D eigenvalue weighted by Crippen LogP contribution is 2.19. The average Bonchev–Trinajstić information content (AvgIpc) is 3.34. The van der Waals surface area contributed by atoms with Crippen molar-refractivity contribution in [2.45, 2.75) is 12.6 Å². The quantitative estimate of drug-likeness (QED) is 0.310. The van der Waals surface area contributed by atoms with Crippen LogP contribution in [0.2, 0.25) is 5.02 Å². The van der Waals surface area contributed by atoms with Crippen molar-refractivity contribution in [1.29, 1.82) is 0 Å². The maximum Gasteiger partial charge on any atom is 0.328 e. The number of carbonyl (C=O) groups excluding carboxylic acids is 3. The Kier molecular flexibility index (Phi) is 7.88. The van der Waals surface area contributed by atoms with Gasteiger partial charge in [0.2, 0.25) is 0 Å². The standard InChI is InChI=1S/C23H20ClN3O7/c24-17-10-14(20(29)25-11-13-3-1-4-15(28)9-13)6-7-16(17)21(30)27-18(23(32)33)12-26-22(31)19-5-2-8-34-19/h1-10,18,28H,11-12H2,(H,25,29)(H,26,31)(H,27,30)(H,32,33)/t18-/m0/s1. The molecule has 1 atom stereocenters. The molecule has 3 aromatic rings. The number of nitrogens with one attached hydrogen (secondary N) is 3. The lowest BCUT2D eigenvalue weighted by Gasteiger charge is -2.16. The second-order valence-corrected chi connectivity index (χ2v) is 7.51. The fourth-order valence-electron chi connectivity index (χ4n) is 2.92. The number of rotatable bonds is 9. The van der Waals surface area contributed by atoms with Gasteiger partial charge in [-0.2, -0.15) is 0 Å². The molecule has 3 amide bonds. The van der Waals surface area contributed by atoms with Crippen LogP contribution < -0.4 is 16.0 Å². The number of carboxylic acids is 1. The van der Waals surface area contributed by atoms with E-state index in [1.807, 2.05) is 0 Å². The lowest BCUT2D eigenvalue weighted by molar-refractivity contribution is -0.139. The molecule has 3 rings (SSSR count). The number of phenolic OH excluding ortho intramolecular Hbond substituents is 1. The van der Waals surface area contributed by atoms with Crippen LogP contribution in [-0.2, 0) is 11.3 Å². The zero-order valence-corrected chi connectivity index (χ0v) is 18.3. The summed E-state index contributed by atoms with van der Waals surface area (Å²) in [6.07, 6.45) is 1.30. The Bertz CT molecular complexity index is 1210. The number of aromatic hydroxyl groups is 1. The smallest absolute Gasteiger partial charge is 0.328 e. The monoisotopic (exact) mass is 485 g/mol. The van der Waals surface area contributed by atoms with E-state index in [9.17, 15) is 29.4 Å². The summed E-state index contributed by atoms with van der Waals surface area (Å²) in [4.78, 5) is 48.4. The Morgan fingerprint density at radius 1 is 0.941 bits per heavy atom. The molecule has 0 saturated carbocycles. The number of amides is 3. The van der Waals surface area contributed by atoms with Gasteiger partial charge in [0, 0.05) is 18.7 Å². The first kappa shape index (κ1) is 24.3. The number of phenols is 1. The SMILES string of the molecule is O=C(NCc1cccc(O)c1)c1ccc(C(=O)N[C@@H](CNC(=O)c2ccco2)C(=O)O)c(Cl)c1. The summed E-state index contributed by atoms with van der Waals surface area (Å²) in [5.74, 6) is -3.18. The van der Waals surface area contributed by atoms with Gasteiger partial charge in [-0.1, -0.05) is 23.7 Å². The van der Waals surface area contributed by atoms with Crippen molar-refractivity contribution in [3.8, 4) is 5.75 Å². The molecule has 176 valence electrons. The van der Waals surface area contributed by atoms with E-state index in [1.165, 1.54) is 48.7 Å². The van der Waals surface area contributed by atoms with Crippen LogP contribution in [0.3, 0.4) is 0 Å². The third-order valence-electron chi connectivity index (χ3n) is 4.65. The van der Waals surface area contributed by atoms with Crippen LogP contribution >= 0.6 is 11.6 Å². The van der Waals surface area contributed by atoms with E-state index < -0.39 is 36.3 Å². The van der Waals surface area contributed by atoms with Gasteiger partial charge < -0.3 is 30.6 Å². The molecular formula is C23H20ClN3O7. The van der Waals surface area contributed by atoms with E-state index in [0.717, 1.165) is 0 Å². The van der Waals surface area contributed by atoms with E-state index in [-0.39, 0.29) is 34.2 Å². The van der Waals surface area contributed by atoms with Gasteiger partial charge in [0.05, 0.1) is 16.8 Å². The molecule has 34 heavy (non-hydrogen) atoms. The van der Waals surface area contributed by atoms with E-state index in [4.69, 9.17) is 16.0 Å². The van der Waals surface area contributed by atoms with Crippen molar-refractivity contribution >= 4 is 35.3 Å². The lowest BCUT2D eigenvalue weighted by Crippen LogP contribution is -2.48. The molecule has 11 heteroatoms. The van der Waals surface area contributed by atoms with Crippen LogP contribution in [-0.4, -0.2) is 46.5 Å². The van der Waals surface area contributed by atoms with Gasteiger partial charge in [0.15, 0.2) is 5.76 Å². The van der Waals surface area contributed by atoms with Crippen molar-refractivity contribution < 1.29 is 33.8 Å². The fourth-order valence-corrected chi connectivity index (χ4v) is 3.18. The Morgan fingerprint density at radius 2 is 1.74 bits per heavy atom. The van der Waals surface area contributed by atoms with Crippen molar-refractivity contribution in [2.75, 3.05) is 6.54 Å². The number of hydrogen-bond donors (Lipinski definition) is 5. The van der Waals surface area contributed by atoms with Crippen molar-refractivity contribution in [3.05, 3.63) is 88.3 Å². The Hall–Kier alpha value is -4.31. The summed E-state index contributed by atoms with van der Waals surface area (Å²) >= 11 is 6.16. The fraction of sp³-hybridized carbons (Fsp3) is 0.130. The molecule has 0 aliphatic rings. The molecule has 2 aromatic carbocycles. The highest BCUT2D eigenvalue weighted by molar-refractivity contribution is 6.34. The first-order valence-corrected chi connectivity index (χ1v) is 10.3. The van der Waals surface area contributed by atoms with Crippen molar-refractivity contribution in [1.82, 2.24) is 16.0 Å². The number of carboxylic acid groups (broad SMARTS) is 1. The molecule has 0 fully saturated rings. The second-order valence-electron chi connectivity index (χ2n) is 7.10. The van der Waals surface area contributed by atoms with E-state index in [1.54, 1.807) is 12.1 Å². The Labute approximate surface area is 198 Å². The number of halogens is 1. The molecule has 0 spiro atoms. The summed E-state index contributed by atoms with van der Waals surface area (Å²) in [7, 11) is 0. The summed E-state index contributed by atoms with van der Waals surface area (Å²) in [6, 6.07) is 11.8. The minimum atomic E-state index is -1.44. The van der Waals surface area contributed by atoms with Gasteiger partial charge in [0.1, 0.15) is 11.8 Å². The highest BCUT2D eigenvalue weighted by Gasteiger charge is 2.23. The number of aliphatic carboxylic acids is 1. The molecule has 1 heterocycles. The first-order valence-electron chi connectivity index (χ1n) is 9.95. The molecule has 0 unspecified atom stereocenters. The van der Waals surface area contributed by atoms with E-state index in [0.29, 0.717) is 5.56 Å². The molecule has 0 saturated heterocycles. The highest BCUT2D eigenvalue weighted by atomic mass is 35.5. The number of hydrogen-bond acceptors (Lipinski definition) is 6. The minimum Gasteiger partial charge on any atom is -0.508 e. The van der Waals surface area contributed by atoms with E-state index >= 15 is 0 Å². The Balaban J connectivity index is 1.60. The molecule has 5 N–H and O–H groups in total. The van der Waals surface area contributed by atoms with Crippen LogP contribution in [0.4, 0.5) is 0 Å². The molecule has 0 bridgehead atoms. The number of carbonyl (C=O) groups is 4. The van der Waals surface area contributed by atoms with E-state index in [2.05, 4.69) is 16.0 Å². The summed E-state index contributed by atoms with van der Waals surface area (Å²) in [5, 5.41) is 26.1. The van der Waals surface area contributed by atoms with Gasteiger partial charge in [-0.25, -0.2) is 4.79 Å². The molecule has 0 aliphatic heterocycles. The van der Waals surface area contributed by atoms with Crippen molar-refractivity contribution in [3.63, 3.8) is 0 Å². The zero-order chi connectivity index (χ0) is 24.7. The maximum atomic E-state index is 12.6. The van der Waals surface area contributed by atoms with Gasteiger partial charge in [-0.15, -0.1) is 0 Å². The van der Waals surface area contributed by atoms with Gasteiger partial charge in [-0.3, -0.25) is 14.4 Å². The third-order valence-corrected chi connectivity index (χ3v) is 4.97. The molecule has 0 aliphatic carbocycles. The van der Waals surface area contributed by atoms with Crippen LogP contribution in [0.15, 0.2) is 65.3 Å². The maximum absolute atomic E-state index is 12.6. The predicted octanol–water partition coefficient (Wildman–Crippen LogP) is 2.18. The summed E-state index contributed by atoms with van der Waals surface area (Å²) < 4.78 is 4.92. The normalized spacial score (nSPS) is 11.3. The second kappa shape index (κ2) is 11.0.